The van der Waals surface area contributed by atoms with E-state index in [1.165, 1.54) is 0 Å². The number of fused-ring (bicyclic) bond motifs is 1. The van der Waals surface area contributed by atoms with Crippen molar-refractivity contribution >= 4 is 22.6 Å². The molecule has 6 heteroatoms. The Morgan fingerprint density at radius 2 is 1.81 bits per heavy atom. The number of benzene rings is 2. The van der Waals surface area contributed by atoms with Crippen LogP contribution in [-0.2, 0) is 9.59 Å². The van der Waals surface area contributed by atoms with Crippen LogP contribution in [-0.4, -0.2) is 26.8 Å². The molecule has 0 fully saturated rings. The van der Waals surface area contributed by atoms with Crippen LogP contribution in [0.2, 0.25) is 0 Å². The van der Waals surface area contributed by atoms with E-state index in [-0.39, 0.29) is 18.4 Å². The Labute approximate surface area is 157 Å². The highest BCUT2D eigenvalue weighted by Crippen LogP contribution is 2.22. The molecule has 0 aliphatic rings. The van der Waals surface area contributed by atoms with Crippen molar-refractivity contribution in [1.29, 1.82) is 0 Å². The van der Waals surface area contributed by atoms with Crippen LogP contribution in [0.5, 0.6) is 0 Å². The number of hydrogen-bond donors (Lipinski definition) is 2. The van der Waals surface area contributed by atoms with Gasteiger partial charge in [-0.05, 0) is 49.2 Å². The van der Waals surface area contributed by atoms with Crippen molar-refractivity contribution in [3.63, 3.8) is 0 Å². The molecule has 3 aromatic rings. The first-order chi connectivity index (χ1) is 12.8. The van der Waals surface area contributed by atoms with E-state index in [0.717, 1.165) is 22.2 Å². The number of carbonyl (C=O) groups excluding carboxylic acids is 1. The number of rotatable bonds is 6. The number of carbonyl (C=O) groups is 2. The third kappa shape index (κ3) is 4.16. The largest absolute Gasteiger partial charge is 0.479 e. The number of aromatic nitrogens is 2. The van der Waals surface area contributed by atoms with Crippen LogP contribution < -0.4 is 5.32 Å². The monoisotopic (exact) mass is 365 g/mol. The van der Waals surface area contributed by atoms with Crippen LogP contribution in [0.3, 0.4) is 0 Å². The van der Waals surface area contributed by atoms with E-state index in [0.29, 0.717) is 5.56 Å². The molecule has 2 aromatic carbocycles. The smallest absolute Gasteiger partial charge is 0.330 e. The summed E-state index contributed by atoms with van der Waals surface area (Å²) in [7, 11) is 0. The predicted molar refractivity (Wildman–Crippen MR) is 103 cm³/mol. The van der Waals surface area contributed by atoms with Crippen LogP contribution in [0.15, 0.2) is 48.5 Å². The highest BCUT2D eigenvalue weighted by Gasteiger charge is 2.24. The van der Waals surface area contributed by atoms with E-state index in [1.54, 1.807) is 16.8 Å². The first kappa shape index (κ1) is 18.6. The molecule has 1 heterocycles. The molecular weight excluding hydrogens is 342 g/mol. The number of hydrogen-bond acceptors (Lipinski definition) is 3. The van der Waals surface area contributed by atoms with Crippen molar-refractivity contribution in [3.8, 4) is 0 Å². The fraction of sp³-hybridized carbons (Fsp3) is 0.286. The summed E-state index contributed by atoms with van der Waals surface area (Å²) < 4.78 is 1.79. The van der Waals surface area contributed by atoms with Gasteiger partial charge in [-0.3, -0.25) is 9.48 Å². The zero-order valence-electron chi connectivity index (χ0n) is 15.6. The molecule has 140 valence electrons. The van der Waals surface area contributed by atoms with Gasteiger partial charge in [-0.25, -0.2) is 4.79 Å². The third-order valence-electron chi connectivity index (χ3n) is 4.60. The van der Waals surface area contributed by atoms with Gasteiger partial charge >= 0.3 is 5.97 Å². The van der Waals surface area contributed by atoms with Gasteiger partial charge in [0.25, 0.3) is 0 Å². The summed E-state index contributed by atoms with van der Waals surface area (Å²) in [6.45, 7) is 5.73. The summed E-state index contributed by atoms with van der Waals surface area (Å²) in [4.78, 5) is 24.2. The lowest BCUT2D eigenvalue weighted by Crippen LogP contribution is -2.34. The van der Waals surface area contributed by atoms with E-state index < -0.39 is 12.0 Å². The molecule has 2 atom stereocenters. The quantitative estimate of drug-likeness (QED) is 0.700. The van der Waals surface area contributed by atoms with E-state index in [1.807, 2.05) is 57.2 Å². The zero-order chi connectivity index (χ0) is 19.6. The van der Waals surface area contributed by atoms with Gasteiger partial charge in [0.1, 0.15) is 0 Å². The number of amides is 1. The summed E-state index contributed by atoms with van der Waals surface area (Å²) in [6.07, 6.45) is 0.152. The predicted octanol–water partition coefficient (Wildman–Crippen LogP) is 3.55. The van der Waals surface area contributed by atoms with Crippen molar-refractivity contribution in [2.45, 2.75) is 39.3 Å². The molecule has 1 aromatic heterocycles. The van der Waals surface area contributed by atoms with Crippen molar-refractivity contribution in [2.75, 3.05) is 0 Å². The molecule has 0 bridgehead atoms. The van der Waals surface area contributed by atoms with E-state index in [9.17, 15) is 14.7 Å². The topological polar surface area (TPSA) is 84.2 Å². The van der Waals surface area contributed by atoms with Gasteiger partial charge in [0, 0.05) is 12.1 Å². The molecule has 6 nitrogen and oxygen atoms in total. The second-order valence-electron chi connectivity index (χ2n) is 6.87. The third-order valence-corrected chi connectivity index (χ3v) is 4.60. The first-order valence-corrected chi connectivity index (χ1v) is 8.89. The maximum Gasteiger partial charge on any atom is 0.330 e. The standard InChI is InChI=1S/C21H23N3O3/c1-13-10-14(2)24(23-13)15(3)11-19(25)22-20(21(26)27)18-9-8-16-6-4-5-7-17(16)12-18/h4-10,12,15,20H,11H2,1-3H3,(H,22,25)(H,26,27). The SMILES string of the molecule is Cc1cc(C)n(C(C)CC(=O)NC(C(=O)O)c2ccc3ccccc3c2)n1. The lowest BCUT2D eigenvalue weighted by Gasteiger charge is -2.18. The van der Waals surface area contributed by atoms with Gasteiger partial charge in [0.15, 0.2) is 6.04 Å². The summed E-state index contributed by atoms with van der Waals surface area (Å²) in [5.74, 6) is -1.41. The molecule has 2 unspecified atom stereocenters. The van der Waals surface area contributed by atoms with Crippen molar-refractivity contribution in [2.24, 2.45) is 0 Å². The van der Waals surface area contributed by atoms with Crippen LogP contribution in [0.1, 0.15) is 42.4 Å². The van der Waals surface area contributed by atoms with E-state index in [4.69, 9.17) is 0 Å². The highest BCUT2D eigenvalue weighted by molar-refractivity contribution is 5.88. The fourth-order valence-corrected chi connectivity index (χ4v) is 3.34. The van der Waals surface area contributed by atoms with Gasteiger partial charge in [-0.2, -0.15) is 5.10 Å². The van der Waals surface area contributed by atoms with Crippen molar-refractivity contribution in [1.82, 2.24) is 15.1 Å². The second-order valence-corrected chi connectivity index (χ2v) is 6.87. The summed E-state index contributed by atoms with van der Waals surface area (Å²) in [5.41, 5.74) is 2.41. The number of aliphatic carboxylic acids is 1. The maximum atomic E-state index is 12.5. The minimum Gasteiger partial charge on any atom is -0.479 e. The van der Waals surface area contributed by atoms with Crippen LogP contribution >= 0.6 is 0 Å². The van der Waals surface area contributed by atoms with Crippen LogP contribution in [0.4, 0.5) is 0 Å². The van der Waals surface area contributed by atoms with E-state index >= 15 is 0 Å². The molecule has 3 rings (SSSR count). The van der Waals surface area contributed by atoms with Gasteiger partial charge in [0.05, 0.1) is 11.7 Å². The molecule has 0 aliphatic heterocycles. The normalized spacial score (nSPS) is 13.3. The number of aryl methyl sites for hydroxylation is 2. The molecule has 0 aliphatic carbocycles. The number of nitrogens with zero attached hydrogens (tertiary/aromatic N) is 2. The summed E-state index contributed by atoms with van der Waals surface area (Å²) in [6, 6.07) is 13.8. The second kappa shape index (κ2) is 7.61. The van der Waals surface area contributed by atoms with Crippen LogP contribution in [0, 0.1) is 13.8 Å². The summed E-state index contributed by atoms with van der Waals surface area (Å²) in [5, 5.41) is 18.6. The lowest BCUT2D eigenvalue weighted by atomic mass is 10.0. The van der Waals surface area contributed by atoms with E-state index in [2.05, 4.69) is 10.4 Å². The minimum absolute atomic E-state index is 0.152. The summed E-state index contributed by atoms with van der Waals surface area (Å²) >= 11 is 0. The molecule has 2 N–H and O–H groups in total. The number of carboxylic acid groups (broad SMARTS) is 1. The minimum atomic E-state index is -1.09. The Hall–Kier alpha value is -3.15. The molecule has 0 saturated heterocycles. The van der Waals surface area contributed by atoms with Gasteiger partial charge < -0.3 is 10.4 Å². The molecule has 0 saturated carbocycles. The van der Waals surface area contributed by atoms with Gasteiger partial charge in [-0.1, -0.05) is 36.4 Å². The Morgan fingerprint density at radius 3 is 2.44 bits per heavy atom. The zero-order valence-corrected chi connectivity index (χ0v) is 15.6. The Morgan fingerprint density at radius 1 is 1.11 bits per heavy atom. The first-order valence-electron chi connectivity index (χ1n) is 8.89. The Balaban J connectivity index is 1.76. The van der Waals surface area contributed by atoms with Crippen LogP contribution in [0.25, 0.3) is 10.8 Å². The van der Waals surface area contributed by atoms with Crippen molar-refractivity contribution < 1.29 is 14.7 Å². The molecule has 27 heavy (non-hydrogen) atoms. The number of nitrogens with one attached hydrogen (secondary N) is 1. The molecule has 0 radical (unpaired) electrons. The van der Waals surface area contributed by atoms with Crippen molar-refractivity contribution in [3.05, 3.63) is 65.5 Å². The highest BCUT2D eigenvalue weighted by atomic mass is 16.4. The molecule has 1 amide bonds. The van der Waals surface area contributed by atoms with Gasteiger partial charge in [0.2, 0.25) is 5.91 Å². The lowest BCUT2D eigenvalue weighted by molar-refractivity contribution is -0.142. The van der Waals surface area contributed by atoms with Gasteiger partial charge in [-0.15, -0.1) is 0 Å². The molecular formula is C21H23N3O3. The average Bonchev–Trinajstić information content (AvgIpc) is 2.97. The molecule has 0 spiro atoms. The average molecular weight is 365 g/mol. The maximum absolute atomic E-state index is 12.5. The number of carboxylic acids is 1. The Bertz CT molecular complexity index is 993. The fourth-order valence-electron chi connectivity index (χ4n) is 3.34. The Kier molecular flexibility index (Phi) is 5.26.